The van der Waals surface area contributed by atoms with Crippen molar-refractivity contribution in [2.45, 2.75) is 90.9 Å². The van der Waals surface area contributed by atoms with Crippen LogP contribution in [0, 0.1) is 11.8 Å². The lowest BCUT2D eigenvalue weighted by Gasteiger charge is -2.24. The van der Waals surface area contributed by atoms with Gasteiger partial charge in [-0.2, -0.15) is 0 Å². The zero-order chi connectivity index (χ0) is 18.3. The summed E-state index contributed by atoms with van der Waals surface area (Å²) in [6, 6.07) is 0. The molecule has 0 aromatic heterocycles. The third-order valence-electron chi connectivity index (χ3n) is 5.25. The van der Waals surface area contributed by atoms with E-state index in [1.54, 1.807) is 6.08 Å². The molecule has 1 aliphatic rings. The molecule has 0 aliphatic heterocycles. The molecule has 0 heterocycles. The van der Waals surface area contributed by atoms with Gasteiger partial charge < -0.3 is 4.74 Å². The van der Waals surface area contributed by atoms with E-state index in [1.165, 1.54) is 64.2 Å². The summed E-state index contributed by atoms with van der Waals surface area (Å²) in [6.45, 7) is 4.73. The standard InChI is InChI=1S/C22H36O3/c1-3-5-6-7-8-9-10-11-12-13-15-19(4-2)20-16-14-17-21(22(20)24)25-18-23/h14,16-20H,3-13,15H2,1-2H3. The predicted molar refractivity (Wildman–Crippen MR) is 103 cm³/mol. The monoisotopic (exact) mass is 348 g/mol. The Morgan fingerprint density at radius 3 is 2.16 bits per heavy atom. The van der Waals surface area contributed by atoms with Gasteiger partial charge in [0, 0.05) is 5.92 Å². The van der Waals surface area contributed by atoms with Crippen molar-refractivity contribution in [2.24, 2.45) is 11.8 Å². The van der Waals surface area contributed by atoms with Gasteiger partial charge in [-0.3, -0.25) is 9.59 Å². The topological polar surface area (TPSA) is 43.4 Å². The molecule has 0 aromatic rings. The smallest absolute Gasteiger partial charge is 0.298 e. The lowest BCUT2D eigenvalue weighted by atomic mass is 9.80. The van der Waals surface area contributed by atoms with Crippen molar-refractivity contribution < 1.29 is 14.3 Å². The Balaban J connectivity index is 2.18. The Morgan fingerprint density at radius 2 is 1.60 bits per heavy atom. The molecule has 1 aliphatic carbocycles. The van der Waals surface area contributed by atoms with Gasteiger partial charge in [-0.15, -0.1) is 0 Å². The van der Waals surface area contributed by atoms with Crippen LogP contribution in [0.1, 0.15) is 90.9 Å². The van der Waals surface area contributed by atoms with E-state index in [4.69, 9.17) is 4.74 Å². The summed E-state index contributed by atoms with van der Waals surface area (Å²) >= 11 is 0. The van der Waals surface area contributed by atoms with Gasteiger partial charge in [-0.05, 0) is 18.4 Å². The zero-order valence-electron chi connectivity index (χ0n) is 16.2. The fourth-order valence-corrected chi connectivity index (χ4v) is 3.65. The van der Waals surface area contributed by atoms with Crippen molar-refractivity contribution in [2.75, 3.05) is 0 Å². The maximum Gasteiger partial charge on any atom is 0.298 e. The first-order valence-electron chi connectivity index (χ1n) is 10.3. The van der Waals surface area contributed by atoms with Gasteiger partial charge in [0.25, 0.3) is 6.47 Å². The third-order valence-corrected chi connectivity index (χ3v) is 5.25. The molecule has 0 N–H and O–H groups in total. The second-order valence-electron chi connectivity index (χ2n) is 7.16. The molecule has 0 radical (unpaired) electrons. The molecule has 1 rings (SSSR count). The van der Waals surface area contributed by atoms with Gasteiger partial charge >= 0.3 is 0 Å². The quantitative estimate of drug-likeness (QED) is 0.264. The third kappa shape index (κ3) is 8.51. The number of unbranched alkanes of at least 4 members (excludes halogenated alkanes) is 9. The molecular formula is C22H36O3. The average molecular weight is 349 g/mol. The van der Waals surface area contributed by atoms with Crippen LogP contribution in [0.5, 0.6) is 0 Å². The first-order valence-corrected chi connectivity index (χ1v) is 10.3. The summed E-state index contributed by atoms with van der Waals surface area (Å²) < 4.78 is 4.80. The van der Waals surface area contributed by atoms with Crippen LogP contribution in [0.15, 0.2) is 24.0 Å². The number of ether oxygens (including phenoxy) is 1. The summed E-state index contributed by atoms with van der Waals surface area (Å²) in [5.41, 5.74) is 0. The summed E-state index contributed by atoms with van der Waals surface area (Å²) in [4.78, 5) is 22.9. The van der Waals surface area contributed by atoms with Crippen molar-refractivity contribution in [3.05, 3.63) is 24.0 Å². The molecule has 2 atom stereocenters. The summed E-state index contributed by atoms with van der Waals surface area (Å²) in [6.07, 6.45) is 20.7. The lowest BCUT2D eigenvalue weighted by Crippen LogP contribution is -2.26. The van der Waals surface area contributed by atoms with Crippen molar-refractivity contribution in [3.63, 3.8) is 0 Å². The predicted octanol–water partition coefficient (Wildman–Crippen LogP) is 6.14. The average Bonchev–Trinajstić information content (AvgIpc) is 2.62. The minimum atomic E-state index is -0.136. The molecule has 3 heteroatoms. The van der Waals surface area contributed by atoms with E-state index >= 15 is 0 Å². The molecule has 2 unspecified atom stereocenters. The van der Waals surface area contributed by atoms with E-state index in [2.05, 4.69) is 13.8 Å². The Hall–Kier alpha value is -1.38. The van der Waals surface area contributed by atoms with Crippen LogP contribution in [-0.4, -0.2) is 12.3 Å². The number of allylic oxidation sites excluding steroid dienone is 4. The highest BCUT2D eigenvalue weighted by Gasteiger charge is 2.29. The molecule has 25 heavy (non-hydrogen) atoms. The van der Waals surface area contributed by atoms with E-state index in [1.807, 2.05) is 12.2 Å². The highest BCUT2D eigenvalue weighted by Crippen LogP contribution is 2.29. The number of carbonyl (C=O) groups excluding carboxylic acids is 2. The van der Waals surface area contributed by atoms with Crippen LogP contribution < -0.4 is 0 Å². The van der Waals surface area contributed by atoms with Crippen LogP contribution >= 0.6 is 0 Å². The lowest BCUT2D eigenvalue weighted by molar-refractivity contribution is -0.132. The normalized spacial score (nSPS) is 18.1. The summed E-state index contributed by atoms with van der Waals surface area (Å²) in [5, 5.41) is 0. The molecular weight excluding hydrogens is 312 g/mol. The number of hydrogen-bond acceptors (Lipinski definition) is 3. The molecule has 142 valence electrons. The SMILES string of the molecule is CCCCCCCCCCCCC(CC)C1C=CC=C(OC=O)C1=O. The van der Waals surface area contributed by atoms with Gasteiger partial charge in [0.1, 0.15) is 0 Å². The van der Waals surface area contributed by atoms with Gasteiger partial charge in [0.15, 0.2) is 5.76 Å². The van der Waals surface area contributed by atoms with E-state index in [0.29, 0.717) is 12.4 Å². The Morgan fingerprint density at radius 1 is 1.00 bits per heavy atom. The van der Waals surface area contributed by atoms with Crippen LogP contribution in [0.3, 0.4) is 0 Å². The number of ketones is 1. The number of Topliss-reactive ketones (excluding diaryl/α,β-unsaturated/α-hetero) is 1. The molecule has 0 spiro atoms. The van der Waals surface area contributed by atoms with Gasteiger partial charge in [-0.1, -0.05) is 96.6 Å². The van der Waals surface area contributed by atoms with E-state index < -0.39 is 0 Å². The van der Waals surface area contributed by atoms with Crippen LogP contribution in [0.4, 0.5) is 0 Å². The van der Waals surface area contributed by atoms with Gasteiger partial charge in [0.2, 0.25) is 5.78 Å². The molecule has 0 saturated carbocycles. The summed E-state index contributed by atoms with van der Waals surface area (Å²) in [7, 11) is 0. The Bertz CT molecular complexity index is 437. The second kappa shape index (κ2) is 13.9. The van der Waals surface area contributed by atoms with Crippen LogP contribution in [0.2, 0.25) is 0 Å². The molecule has 3 nitrogen and oxygen atoms in total. The highest BCUT2D eigenvalue weighted by atomic mass is 16.5. The van der Waals surface area contributed by atoms with E-state index in [9.17, 15) is 9.59 Å². The number of carbonyl (C=O) groups is 2. The van der Waals surface area contributed by atoms with E-state index in [0.717, 1.165) is 12.8 Å². The zero-order valence-corrected chi connectivity index (χ0v) is 16.2. The fourth-order valence-electron chi connectivity index (χ4n) is 3.65. The summed E-state index contributed by atoms with van der Waals surface area (Å²) in [5.74, 6) is 0.345. The number of rotatable bonds is 15. The molecule has 0 bridgehead atoms. The van der Waals surface area contributed by atoms with Gasteiger partial charge in [-0.25, -0.2) is 0 Å². The van der Waals surface area contributed by atoms with Crippen molar-refractivity contribution in [1.29, 1.82) is 0 Å². The fraction of sp³-hybridized carbons (Fsp3) is 0.727. The van der Waals surface area contributed by atoms with Crippen LogP contribution in [-0.2, 0) is 14.3 Å². The molecule has 0 fully saturated rings. The highest BCUT2D eigenvalue weighted by molar-refractivity contribution is 5.98. The van der Waals surface area contributed by atoms with Gasteiger partial charge in [0.05, 0.1) is 0 Å². The maximum atomic E-state index is 12.4. The van der Waals surface area contributed by atoms with Crippen molar-refractivity contribution >= 4 is 12.3 Å². The largest absolute Gasteiger partial charge is 0.425 e. The van der Waals surface area contributed by atoms with Crippen LogP contribution in [0.25, 0.3) is 0 Å². The van der Waals surface area contributed by atoms with Crippen molar-refractivity contribution in [3.8, 4) is 0 Å². The minimum Gasteiger partial charge on any atom is -0.425 e. The Labute approximate surface area is 153 Å². The van der Waals surface area contributed by atoms with Crippen molar-refractivity contribution in [1.82, 2.24) is 0 Å². The second-order valence-corrected chi connectivity index (χ2v) is 7.16. The minimum absolute atomic E-state index is 0.0477. The maximum absolute atomic E-state index is 12.4. The molecule has 0 saturated heterocycles. The first-order chi connectivity index (χ1) is 12.2. The van der Waals surface area contributed by atoms with E-state index in [-0.39, 0.29) is 17.5 Å². The molecule has 0 amide bonds. The number of hydrogen-bond donors (Lipinski definition) is 0. The Kier molecular flexibility index (Phi) is 12.0. The molecule has 0 aromatic carbocycles. The first kappa shape index (κ1) is 21.7.